The Morgan fingerprint density at radius 3 is 2.53 bits per heavy atom. The smallest absolute Gasteiger partial charge is 0.263 e. The van der Waals surface area contributed by atoms with Gasteiger partial charge in [0.2, 0.25) is 4.96 Å². The minimum atomic E-state index is -0.970. The van der Waals surface area contributed by atoms with E-state index in [1.807, 2.05) is 61.5 Å². The van der Waals surface area contributed by atoms with Gasteiger partial charge in [-0.25, -0.2) is 0 Å². The minimum Gasteiger partial charge on any atom is -0.478 e. The van der Waals surface area contributed by atoms with Crippen LogP contribution in [-0.4, -0.2) is 31.3 Å². The van der Waals surface area contributed by atoms with Crippen LogP contribution in [0.3, 0.4) is 0 Å². The van der Waals surface area contributed by atoms with Crippen LogP contribution in [0.5, 0.6) is 5.75 Å². The molecule has 2 aromatic carbocycles. The third kappa shape index (κ3) is 4.18. The highest BCUT2D eigenvalue weighted by Gasteiger charge is 2.29. The number of rotatable bonds is 7. The van der Waals surface area contributed by atoms with Crippen molar-refractivity contribution >= 4 is 22.2 Å². The number of nitrogens with zero attached hydrogens (tertiary/aromatic N) is 4. The Bertz CT molecular complexity index is 1150. The predicted molar refractivity (Wildman–Crippen MR) is 116 cm³/mol. The van der Waals surface area contributed by atoms with Gasteiger partial charge in [-0.05, 0) is 31.5 Å². The number of hydrogen-bond donors (Lipinski definition) is 1. The van der Waals surface area contributed by atoms with Gasteiger partial charge in [-0.1, -0.05) is 60.7 Å². The molecule has 1 N–H and O–H groups in total. The number of para-hydroxylation sites is 1. The lowest BCUT2D eigenvalue weighted by molar-refractivity contribution is -0.134. The van der Waals surface area contributed by atoms with Crippen molar-refractivity contribution in [3.63, 3.8) is 0 Å². The van der Waals surface area contributed by atoms with Crippen molar-refractivity contribution in [2.75, 3.05) is 0 Å². The molecule has 0 fully saturated rings. The summed E-state index contributed by atoms with van der Waals surface area (Å²) < 4.78 is 7.63. The Morgan fingerprint density at radius 1 is 1.10 bits per heavy atom. The molecule has 1 amide bonds. The van der Waals surface area contributed by atoms with Gasteiger partial charge in [0.25, 0.3) is 5.91 Å². The van der Waals surface area contributed by atoms with Gasteiger partial charge in [0.05, 0.1) is 0 Å². The molecule has 7 nitrogen and oxygen atoms in total. The molecular weight excluding hydrogens is 398 g/mol. The zero-order valence-corrected chi connectivity index (χ0v) is 17.9. The van der Waals surface area contributed by atoms with Gasteiger partial charge in [0.1, 0.15) is 10.8 Å². The highest BCUT2D eigenvalue weighted by molar-refractivity contribution is 7.19. The molecule has 2 aromatic heterocycles. The summed E-state index contributed by atoms with van der Waals surface area (Å²) in [5, 5.41) is 16.7. The van der Waals surface area contributed by atoms with Crippen molar-refractivity contribution in [1.29, 1.82) is 0 Å². The number of aryl methyl sites for hydroxylation is 1. The third-order valence-corrected chi connectivity index (χ3v) is 5.64. The summed E-state index contributed by atoms with van der Waals surface area (Å²) in [6.07, 6.45) is 0.785. The number of nitrogens with one attached hydrogen (secondary N) is 1. The molecule has 2 heterocycles. The van der Waals surface area contributed by atoms with Gasteiger partial charge < -0.3 is 10.1 Å². The maximum absolute atomic E-state index is 12.6. The maximum Gasteiger partial charge on any atom is 0.263 e. The number of carbonyl (C=O) groups excluding carboxylic acids is 1. The average molecular weight is 422 g/mol. The fraction of sp³-hybridized carbons (Fsp3) is 0.273. The normalized spacial score (nSPS) is 11.6. The van der Waals surface area contributed by atoms with Crippen molar-refractivity contribution in [1.82, 2.24) is 25.1 Å². The highest BCUT2D eigenvalue weighted by atomic mass is 32.1. The molecule has 0 saturated heterocycles. The summed E-state index contributed by atoms with van der Waals surface area (Å²) in [6.45, 7) is 5.98. The van der Waals surface area contributed by atoms with Crippen molar-refractivity contribution in [2.24, 2.45) is 0 Å². The topological polar surface area (TPSA) is 81.4 Å². The Kier molecular flexibility index (Phi) is 5.50. The van der Waals surface area contributed by atoms with Gasteiger partial charge in [-0.2, -0.15) is 9.61 Å². The van der Waals surface area contributed by atoms with Crippen molar-refractivity contribution in [3.8, 4) is 16.3 Å². The van der Waals surface area contributed by atoms with Crippen LogP contribution < -0.4 is 10.1 Å². The number of hydrogen-bond acceptors (Lipinski definition) is 6. The number of ether oxygens (including phenoxy) is 1. The molecule has 30 heavy (non-hydrogen) atoms. The summed E-state index contributed by atoms with van der Waals surface area (Å²) in [5.41, 5.74) is 1.04. The van der Waals surface area contributed by atoms with E-state index in [-0.39, 0.29) is 5.91 Å². The molecule has 0 radical (unpaired) electrons. The Labute approximate surface area is 178 Å². The first-order chi connectivity index (χ1) is 14.5. The standard InChI is InChI=1S/C22H23N5O2S/c1-4-18-24-25-21-27(18)26-19(30-21)16-12-10-15(11-13-16)14-23-20(28)22(2,3)29-17-8-6-5-7-9-17/h5-13H,4,14H2,1-3H3,(H,23,28). The van der Waals surface area contributed by atoms with Crippen LogP contribution in [0.15, 0.2) is 54.6 Å². The molecule has 0 saturated carbocycles. The van der Waals surface area contributed by atoms with E-state index < -0.39 is 5.60 Å². The van der Waals surface area contributed by atoms with Gasteiger partial charge in [0, 0.05) is 18.5 Å². The van der Waals surface area contributed by atoms with E-state index in [9.17, 15) is 4.79 Å². The number of amides is 1. The molecule has 8 heteroatoms. The minimum absolute atomic E-state index is 0.170. The molecule has 0 aliphatic rings. The van der Waals surface area contributed by atoms with Gasteiger partial charge >= 0.3 is 0 Å². The molecular formula is C22H23N5O2S. The van der Waals surface area contributed by atoms with E-state index in [0.717, 1.165) is 33.3 Å². The fourth-order valence-electron chi connectivity index (χ4n) is 2.98. The average Bonchev–Trinajstić information content (AvgIpc) is 3.33. The monoisotopic (exact) mass is 421 g/mol. The van der Waals surface area contributed by atoms with Crippen LogP contribution in [0.4, 0.5) is 0 Å². The van der Waals surface area contributed by atoms with E-state index in [1.54, 1.807) is 18.4 Å². The molecule has 0 unspecified atom stereocenters. The zero-order chi connectivity index (χ0) is 21.1. The lowest BCUT2D eigenvalue weighted by Gasteiger charge is -2.25. The largest absolute Gasteiger partial charge is 0.478 e. The SMILES string of the molecule is CCc1nnc2sc(-c3ccc(CNC(=O)C(C)(C)Oc4ccccc4)cc3)nn12. The maximum atomic E-state index is 12.6. The molecule has 4 aromatic rings. The first-order valence-electron chi connectivity index (χ1n) is 9.79. The van der Waals surface area contributed by atoms with E-state index in [4.69, 9.17) is 4.74 Å². The number of fused-ring (bicyclic) bond motifs is 1. The Balaban J connectivity index is 1.39. The Hall–Kier alpha value is -3.26. The highest BCUT2D eigenvalue weighted by Crippen LogP contribution is 2.26. The summed E-state index contributed by atoms with van der Waals surface area (Å²) >= 11 is 1.51. The molecule has 0 bridgehead atoms. The summed E-state index contributed by atoms with van der Waals surface area (Å²) in [6, 6.07) is 17.3. The number of aromatic nitrogens is 4. The van der Waals surface area contributed by atoms with Crippen LogP contribution in [0, 0.1) is 0 Å². The van der Waals surface area contributed by atoms with Crippen LogP contribution in [-0.2, 0) is 17.8 Å². The molecule has 154 valence electrons. The fourth-order valence-corrected chi connectivity index (χ4v) is 3.85. The second kappa shape index (κ2) is 8.23. The van der Waals surface area contributed by atoms with Gasteiger partial charge in [0.15, 0.2) is 11.4 Å². The van der Waals surface area contributed by atoms with E-state index in [2.05, 4.69) is 20.6 Å². The third-order valence-electron chi connectivity index (χ3n) is 4.69. The van der Waals surface area contributed by atoms with Crippen LogP contribution >= 0.6 is 11.3 Å². The van der Waals surface area contributed by atoms with Gasteiger partial charge in [-0.15, -0.1) is 10.2 Å². The molecule has 0 aliphatic heterocycles. The van der Waals surface area contributed by atoms with Crippen LogP contribution in [0.2, 0.25) is 0 Å². The van der Waals surface area contributed by atoms with Gasteiger partial charge in [-0.3, -0.25) is 4.79 Å². The van der Waals surface area contributed by atoms with E-state index in [1.165, 1.54) is 11.3 Å². The van der Waals surface area contributed by atoms with Crippen molar-refractivity contribution in [2.45, 2.75) is 39.3 Å². The molecule has 0 aliphatic carbocycles. The predicted octanol–water partition coefficient (Wildman–Crippen LogP) is 3.89. The second-order valence-corrected chi connectivity index (χ2v) is 8.33. The van der Waals surface area contributed by atoms with E-state index in [0.29, 0.717) is 12.3 Å². The molecule has 0 spiro atoms. The van der Waals surface area contributed by atoms with Crippen molar-refractivity contribution < 1.29 is 9.53 Å². The van der Waals surface area contributed by atoms with Crippen LogP contribution in [0.1, 0.15) is 32.2 Å². The number of carbonyl (C=O) groups is 1. The lowest BCUT2D eigenvalue weighted by atomic mass is 10.1. The first-order valence-corrected chi connectivity index (χ1v) is 10.6. The summed E-state index contributed by atoms with van der Waals surface area (Å²) in [7, 11) is 0. The zero-order valence-electron chi connectivity index (χ0n) is 17.1. The first kappa shape index (κ1) is 20.0. The number of benzene rings is 2. The Morgan fingerprint density at radius 2 is 1.83 bits per heavy atom. The lowest BCUT2D eigenvalue weighted by Crippen LogP contribution is -2.46. The quantitative estimate of drug-likeness (QED) is 0.490. The van der Waals surface area contributed by atoms with E-state index >= 15 is 0 Å². The summed E-state index contributed by atoms with van der Waals surface area (Å²) in [4.78, 5) is 13.4. The second-order valence-electron chi connectivity index (χ2n) is 7.38. The van der Waals surface area contributed by atoms with Crippen molar-refractivity contribution in [3.05, 3.63) is 66.0 Å². The van der Waals surface area contributed by atoms with Crippen LogP contribution in [0.25, 0.3) is 15.5 Å². The molecule has 0 atom stereocenters. The summed E-state index contributed by atoms with van der Waals surface area (Å²) in [5.74, 6) is 1.35. The molecule has 4 rings (SSSR count).